The molecule has 1 saturated heterocycles. The minimum Gasteiger partial charge on any atom is -0.311 e. The molecule has 0 aromatic carbocycles. The summed E-state index contributed by atoms with van der Waals surface area (Å²) in [4.78, 5) is 2.83. The third kappa shape index (κ3) is 3.27. The highest BCUT2D eigenvalue weighted by molar-refractivity contribution is 4.99. The van der Waals surface area contributed by atoms with Crippen LogP contribution in [0, 0.1) is 11.3 Å². The van der Waals surface area contributed by atoms with Crippen LogP contribution in [-0.2, 0) is 0 Å². The van der Waals surface area contributed by atoms with E-state index < -0.39 is 0 Å². The van der Waals surface area contributed by atoms with Gasteiger partial charge in [-0.05, 0) is 37.5 Å². The average molecular weight is 252 g/mol. The Kier molecular flexibility index (Phi) is 4.38. The molecule has 2 heteroatoms. The molecule has 0 aromatic heterocycles. The molecule has 18 heavy (non-hydrogen) atoms. The Morgan fingerprint density at radius 3 is 2.44 bits per heavy atom. The van der Waals surface area contributed by atoms with Crippen LogP contribution >= 0.6 is 0 Å². The first-order valence-electron chi connectivity index (χ1n) is 7.92. The summed E-state index contributed by atoms with van der Waals surface area (Å²) in [6.07, 6.45) is 5.58. The van der Waals surface area contributed by atoms with Gasteiger partial charge < -0.3 is 5.32 Å². The summed E-state index contributed by atoms with van der Waals surface area (Å²) in [5.41, 5.74) is 0.374. The highest BCUT2D eigenvalue weighted by Crippen LogP contribution is 2.38. The summed E-state index contributed by atoms with van der Waals surface area (Å²) >= 11 is 0. The lowest BCUT2D eigenvalue weighted by Gasteiger charge is -2.48. The molecular weight excluding hydrogens is 220 g/mol. The molecule has 0 radical (unpaired) electrons. The van der Waals surface area contributed by atoms with Crippen LogP contribution in [0.4, 0.5) is 0 Å². The summed E-state index contributed by atoms with van der Waals surface area (Å²) in [5.74, 6) is 0.984. The van der Waals surface area contributed by atoms with Gasteiger partial charge in [-0.1, -0.05) is 34.1 Å². The third-order valence-corrected chi connectivity index (χ3v) is 4.88. The fraction of sp³-hybridized carbons (Fsp3) is 1.00. The average Bonchev–Trinajstić information content (AvgIpc) is 3.11. The Hall–Kier alpha value is -0.0800. The van der Waals surface area contributed by atoms with Crippen molar-refractivity contribution in [1.29, 1.82) is 0 Å². The second-order valence-electron chi connectivity index (χ2n) is 7.57. The van der Waals surface area contributed by atoms with E-state index in [1.807, 2.05) is 0 Å². The van der Waals surface area contributed by atoms with Crippen molar-refractivity contribution in [1.82, 2.24) is 10.2 Å². The fourth-order valence-corrected chi connectivity index (χ4v) is 3.38. The van der Waals surface area contributed by atoms with Crippen molar-refractivity contribution in [3.63, 3.8) is 0 Å². The van der Waals surface area contributed by atoms with E-state index in [0.29, 0.717) is 11.5 Å². The molecule has 1 aliphatic carbocycles. The van der Waals surface area contributed by atoms with Gasteiger partial charge in [-0.15, -0.1) is 0 Å². The normalized spacial score (nSPS) is 32.5. The first-order chi connectivity index (χ1) is 8.43. The van der Waals surface area contributed by atoms with Crippen LogP contribution in [0.5, 0.6) is 0 Å². The van der Waals surface area contributed by atoms with Crippen molar-refractivity contribution in [2.45, 2.75) is 78.4 Å². The molecule has 1 saturated carbocycles. The molecule has 1 N–H and O–H groups in total. The zero-order valence-corrected chi connectivity index (χ0v) is 13.0. The van der Waals surface area contributed by atoms with Crippen molar-refractivity contribution in [2.24, 2.45) is 11.3 Å². The van der Waals surface area contributed by atoms with Crippen molar-refractivity contribution >= 4 is 0 Å². The van der Waals surface area contributed by atoms with Crippen molar-refractivity contribution in [2.75, 3.05) is 13.1 Å². The van der Waals surface area contributed by atoms with Gasteiger partial charge >= 0.3 is 0 Å². The monoisotopic (exact) mass is 252 g/mol. The number of rotatable bonds is 4. The number of hydrogen-bond donors (Lipinski definition) is 1. The molecule has 106 valence electrons. The molecule has 0 aromatic rings. The lowest BCUT2D eigenvalue weighted by atomic mass is 9.83. The minimum absolute atomic E-state index is 0.374. The molecule has 1 heterocycles. The van der Waals surface area contributed by atoms with Gasteiger partial charge in [0.25, 0.3) is 0 Å². The van der Waals surface area contributed by atoms with E-state index in [9.17, 15) is 0 Å². The molecule has 3 atom stereocenters. The Morgan fingerprint density at radius 2 is 1.94 bits per heavy atom. The van der Waals surface area contributed by atoms with Crippen LogP contribution < -0.4 is 5.32 Å². The highest BCUT2D eigenvalue weighted by Gasteiger charge is 2.42. The van der Waals surface area contributed by atoms with E-state index in [1.165, 1.54) is 38.8 Å². The minimum atomic E-state index is 0.374. The fourth-order valence-electron chi connectivity index (χ4n) is 3.38. The number of nitrogens with zero attached hydrogens (tertiary/aromatic N) is 1. The second kappa shape index (κ2) is 5.50. The van der Waals surface area contributed by atoms with Gasteiger partial charge in [0.1, 0.15) is 0 Å². The molecule has 0 bridgehead atoms. The van der Waals surface area contributed by atoms with Crippen LogP contribution in [-0.4, -0.2) is 36.1 Å². The van der Waals surface area contributed by atoms with Crippen LogP contribution in [0.3, 0.4) is 0 Å². The van der Waals surface area contributed by atoms with Crippen LogP contribution in [0.15, 0.2) is 0 Å². The summed E-state index contributed by atoms with van der Waals surface area (Å²) in [6.45, 7) is 14.3. The second-order valence-corrected chi connectivity index (χ2v) is 7.57. The summed E-state index contributed by atoms with van der Waals surface area (Å²) < 4.78 is 0. The van der Waals surface area contributed by atoms with Gasteiger partial charge in [-0.2, -0.15) is 0 Å². The predicted molar refractivity (Wildman–Crippen MR) is 78.8 cm³/mol. The third-order valence-electron chi connectivity index (χ3n) is 4.88. The smallest absolute Gasteiger partial charge is 0.0252 e. The summed E-state index contributed by atoms with van der Waals surface area (Å²) in [5, 5.41) is 3.82. The molecule has 2 rings (SSSR count). The van der Waals surface area contributed by atoms with Crippen LogP contribution in [0.2, 0.25) is 0 Å². The lowest BCUT2D eigenvalue weighted by Crippen LogP contribution is -2.62. The van der Waals surface area contributed by atoms with E-state index in [2.05, 4.69) is 44.8 Å². The van der Waals surface area contributed by atoms with Gasteiger partial charge in [-0.3, -0.25) is 4.90 Å². The number of piperazine rings is 1. The van der Waals surface area contributed by atoms with E-state index >= 15 is 0 Å². The maximum atomic E-state index is 3.82. The van der Waals surface area contributed by atoms with E-state index in [1.54, 1.807) is 0 Å². The van der Waals surface area contributed by atoms with Gasteiger partial charge in [0.2, 0.25) is 0 Å². The molecule has 2 aliphatic rings. The zero-order valence-electron chi connectivity index (χ0n) is 13.0. The molecule has 1 aliphatic heterocycles. The topological polar surface area (TPSA) is 15.3 Å². The molecule has 2 nitrogen and oxygen atoms in total. The predicted octanol–water partition coefficient (Wildman–Crippen LogP) is 3.27. The Morgan fingerprint density at radius 1 is 1.28 bits per heavy atom. The quantitative estimate of drug-likeness (QED) is 0.826. The Bertz CT molecular complexity index is 265. The molecule has 3 unspecified atom stereocenters. The van der Waals surface area contributed by atoms with Crippen molar-refractivity contribution in [3.05, 3.63) is 0 Å². The van der Waals surface area contributed by atoms with Gasteiger partial charge in [-0.25, -0.2) is 0 Å². The largest absolute Gasteiger partial charge is 0.311 e. The maximum absolute atomic E-state index is 3.82. The molecule has 0 amide bonds. The summed E-state index contributed by atoms with van der Waals surface area (Å²) in [6, 6.07) is 2.21. The lowest BCUT2D eigenvalue weighted by molar-refractivity contribution is 0.0422. The Balaban J connectivity index is 2.03. The van der Waals surface area contributed by atoms with Gasteiger partial charge in [0.15, 0.2) is 0 Å². The van der Waals surface area contributed by atoms with E-state index in [-0.39, 0.29) is 0 Å². The molecular formula is C16H32N2. The summed E-state index contributed by atoms with van der Waals surface area (Å²) in [7, 11) is 0. The van der Waals surface area contributed by atoms with Gasteiger partial charge in [0, 0.05) is 31.2 Å². The van der Waals surface area contributed by atoms with Crippen molar-refractivity contribution < 1.29 is 0 Å². The van der Waals surface area contributed by atoms with E-state index in [0.717, 1.165) is 18.0 Å². The SMILES string of the molecule is CCCC(C)N1CC(C(C)(C)C)NCC1C1CC1. The maximum Gasteiger partial charge on any atom is 0.0252 e. The van der Waals surface area contributed by atoms with Gasteiger partial charge in [0.05, 0.1) is 0 Å². The Labute approximate surface area is 114 Å². The van der Waals surface area contributed by atoms with Crippen LogP contribution in [0.1, 0.15) is 60.3 Å². The number of nitrogens with one attached hydrogen (secondary N) is 1. The molecule has 0 spiro atoms. The zero-order chi connectivity index (χ0) is 13.3. The molecule has 2 fully saturated rings. The van der Waals surface area contributed by atoms with E-state index in [4.69, 9.17) is 0 Å². The van der Waals surface area contributed by atoms with Crippen molar-refractivity contribution in [3.8, 4) is 0 Å². The highest BCUT2D eigenvalue weighted by atomic mass is 15.3. The first kappa shape index (κ1) is 14.3. The number of hydrogen-bond acceptors (Lipinski definition) is 2. The first-order valence-corrected chi connectivity index (χ1v) is 7.92. The van der Waals surface area contributed by atoms with Crippen LogP contribution in [0.25, 0.3) is 0 Å². The standard InChI is InChI=1S/C16H32N2/c1-6-7-12(2)18-11-15(16(3,4)5)17-10-14(18)13-8-9-13/h12-15,17H,6-11H2,1-5H3.